The zero-order valence-electron chi connectivity index (χ0n) is 13.0. The minimum Gasteiger partial charge on any atom is -0.497 e. The Morgan fingerprint density at radius 2 is 2.00 bits per heavy atom. The van der Waals surface area contributed by atoms with E-state index < -0.39 is 0 Å². The molecule has 1 aromatic heterocycles. The van der Waals surface area contributed by atoms with Crippen molar-refractivity contribution < 1.29 is 9.53 Å². The van der Waals surface area contributed by atoms with Crippen LogP contribution in [0.25, 0.3) is 11.0 Å². The van der Waals surface area contributed by atoms with Gasteiger partial charge in [0.1, 0.15) is 5.75 Å². The summed E-state index contributed by atoms with van der Waals surface area (Å²) >= 11 is 13.2. The van der Waals surface area contributed by atoms with Crippen LogP contribution in [-0.4, -0.2) is 28.2 Å². The maximum atomic E-state index is 12.3. The van der Waals surface area contributed by atoms with E-state index in [9.17, 15) is 4.79 Å². The number of fused-ring (bicyclic) bond motifs is 1. The Morgan fingerprint density at radius 3 is 2.71 bits per heavy atom. The average Bonchev–Trinajstić information content (AvgIpc) is 2.90. The van der Waals surface area contributed by atoms with Crippen LogP contribution in [0.4, 0.5) is 0 Å². The third-order valence-corrected chi connectivity index (χ3v) is 5.39. The number of methoxy groups -OCH3 is 1. The van der Waals surface area contributed by atoms with Crippen LogP contribution < -0.4 is 4.74 Å². The second kappa shape index (κ2) is 7.05. The number of aromatic nitrogens is 2. The van der Waals surface area contributed by atoms with Crippen LogP contribution in [0.3, 0.4) is 0 Å². The molecule has 0 aliphatic heterocycles. The number of rotatable bonds is 5. The number of imidazole rings is 1. The van der Waals surface area contributed by atoms with Crippen molar-refractivity contribution in [3.8, 4) is 5.75 Å². The number of thioether (sulfide) groups is 1. The van der Waals surface area contributed by atoms with Gasteiger partial charge in [-0.25, -0.2) is 4.98 Å². The van der Waals surface area contributed by atoms with Crippen LogP contribution in [0.15, 0.2) is 41.6 Å². The topological polar surface area (TPSA) is 44.1 Å². The van der Waals surface area contributed by atoms with Gasteiger partial charge in [-0.3, -0.25) is 4.79 Å². The molecule has 3 aromatic rings. The molecule has 2 aromatic carbocycles. The molecule has 0 aliphatic carbocycles. The molecule has 0 aliphatic rings. The number of ether oxygens (including phenoxy) is 1. The Bertz CT molecular complexity index is 924. The quantitative estimate of drug-likeness (QED) is 0.468. The molecule has 24 heavy (non-hydrogen) atoms. The summed E-state index contributed by atoms with van der Waals surface area (Å²) in [4.78, 5) is 16.9. The Kier molecular flexibility index (Phi) is 5.04. The first kappa shape index (κ1) is 17.1. The summed E-state index contributed by atoms with van der Waals surface area (Å²) in [6.07, 6.45) is 0. The van der Waals surface area contributed by atoms with Crippen molar-refractivity contribution in [2.75, 3.05) is 12.9 Å². The monoisotopic (exact) mass is 380 g/mol. The SMILES string of the molecule is COc1ccc2c(c1)nc(SCC(=O)c1ccc(Cl)c(Cl)c1)n2C. The van der Waals surface area contributed by atoms with E-state index in [2.05, 4.69) is 4.98 Å². The molecular formula is C17H14Cl2N2O2S. The fourth-order valence-electron chi connectivity index (χ4n) is 2.30. The predicted octanol–water partition coefficient (Wildman–Crippen LogP) is 4.86. The number of aryl methyl sites for hydroxylation is 1. The van der Waals surface area contributed by atoms with Gasteiger partial charge in [0.25, 0.3) is 0 Å². The average molecular weight is 381 g/mol. The molecule has 0 bridgehead atoms. The van der Waals surface area contributed by atoms with Crippen molar-refractivity contribution in [1.82, 2.24) is 9.55 Å². The fourth-order valence-corrected chi connectivity index (χ4v) is 3.48. The molecule has 0 unspecified atom stereocenters. The molecule has 0 fully saturated rings. The Labute approximate surface area is 153 Å². The van der Waals surface area contributed by atoms with Gasteiger partial charge in [-0.15, -0.1) is 0 Å². The maximum Gasteiger partial charge on any atom is 0.173 e. The van der Waals surface area contributed by atoms with Gasteiger partial charge in [0, 0.05) is 18.7 Å². The van der Waals surface area contributed by atoms with E-state index in [1.54, 1.807) is 25.3 Å². The second-order valence-corrected chi connectivity index (χ2v) is 6.91. The number of ketones is 1. The zero-order valence-corrected chi connectivity index (χ0v) is 15.4. The molecule has 3 rings (SSSR count). The van der Waals surface area contributed by atoms with Crippen molar-refractivity contribution >= 4 is 51.8 Å². The largest absolute Gasteiger partial charge is 0.497 e. The number of benzene rings is 2. The zero-order chi connectivity index (χ0) is 17.3. The van der Waals surface area contributed by atoms with E-state index >= 15 is 0 Å². The third kappa shape index (κ3) is 3.38. The summed E-state index contributed by atoms with van der Waals surface area (Å²) in [5, 5.41) is 1.58. The van der Waals surface area contributed by atoms with Crippen LogP contribution >= 0.6 is 35.0 Å². The smallest absolute Gasteiger partial charge is 0.173 e. The van der Waals surface area contributed by atoms with Crippen molar-refractivity contribution in [2.45, 2.75) is 5.16 Å². The first-order valence-electron chi connectivity index (χ1n) is 7.11. The number of nitrogens with zero attached hydrogens (tertiary/aromatic N) is 2. The fraction of sp³-hybridized carbons (Fsp3) is 0.176. The molecular weight excluding hydrogens is 367 g/mol. The first-order valence-corrected chi connectivity index (χ1v) is 8.85. The van der Waals surface area contributed by atoms with Crippen LogP contribution in [0.5, 0.6) is 5.75 Å². The van der Waals surface area contributed by atoms with E-state index in [0.717, 1.165) is 21.9 Å². The minimum atomic E-state index is -0.0248. The lowest BCUT2D eigenvalue weighted by molar-refractivity contribution is 0.102. The Hall–Kier alpha value is -1.69. The molecule has 0 radical (unpaired) electrons. The van der Waals surface area contributed by atoms with Crippen LogP contribution in [-0.2, 0) is 7.05 Å². The van der Waals surface area contributed by atoms with Gasteiger partial charge in [0.15, 0.2) is 10.9 Å². The molecule has 7 heteroatoms. The second-order valence-electron chi connectivity index (χ2n) is 5.15. The standard InChI is InChI=1S/C17H14Cl2N2O2S/c1-21-15-6-4-11(23-2)8-14(15)20-17(21)24-9-16(22)10-3-5-12(18)13(19)7-10/h3-8H,9H2,1-2H3. The van der Waals surface area contributed by atoms with Gasteiger partial charge < -0.3 is 9.30 Å². The number of halogens is 2. The highest BCUT2D eigenvalue weighted by atomic mass is 35.5. The number of Topliss-reactive ketones (excluding diaryl/α,β-unsaturated/α-hetero) is 1. The summed E-state index contributed by atoms with van der Waals surface area (Å²) < 4.78 is 7.17. The van der Waals surface area contributed by atoms with Crippen LogP contribution in [0.2, 0.25) is 10.0 Å². The summed E-state index contributed by atoms with van der Waals surface area (Å²) in [6.45, 7) is 0. The summed E-state index contributed by atoms with van der Waals surface area (Å²) in [5.74, 6) is 0.999. The molecule has 1 heterocycles. The highest BCUT2D eigenvalue weighted by Crippen LogP contribution is 2.27. The van der Waals surface area contributed by atoms with Gasteiger partial charge in [-0.1, -0.05) is 35.0 Å². The molecule has 0 spiro atoms. The maximum absolute atomic E-state index is 12.3. The van der Waals surface area contributed by atoms with E-state index in [1.165, 1.54) is 11.8 Å². The van der Waals surface area contributed by atoms with Crippen LogP contribution in [0.1, 0.15) is 10.4 Å². The lowest BCUT2D eigenvalue weighted by Crippen LogP contribution is -2.03. The van der Waals surface area contributed by atoms with Gasteiger partial charge in [-0.05, 0) is 30.3 Å². The van der Waals surface area contributed by atoms with Gasteiger partial charge in [0.05, 0.1) is 33.9 Å². The number of carbonyl (C=O) groups is 1. The third-order valence-electron chi connectivity index (χ3n) is 3.62. The van der Waals surface area contributed by atoms with Gasteiger partial charge in [0.2, 0.25) is 0 Å². The van der Waals surface area contributed by atoms with E-state index in [1.807, 2.05) is 29.8 Å². The normalized spacial score (nSPS) is 11.0. The van der Waals surface area contributed by atoms with Crippen LogP contribution in [0, 0.1) is 0 Å². The van der Waals surface area contributed by atoms with Gasteiger partial charge >= 0.3 is 0 Å². The molecule has 0 saturated carbocycles. The van der Waals surface area contributed by atoms with E-state index in [4.69, 9.17) is 27.9 Å². The van der Waals surface area contributed by atoms with Crippen molar-refractivity contribution in [1.29, 1.82) is 0 Å². The van der Waals surface area contributed by atoms with E-state index in [-0.39, 0.29) is 11.5 Å². The molecule has 0 atom stereocenters. The van der Waals surface area contributed by atoms with E-state index in [0.29, 0.717) is 15.6 Å². The van der Waals surface area contributed by atoms with Gasteiger partial charge in [-0.2, -0.15) is 0 Å². The predicted molar refractivity (Wildman–Crippen MR) is 98.8 cm³/mol. The molecule has 0 amide bonds. The summed E-state index contributed by atoms with van der Waals surface area (Å²) in [7, 11) is 3.55. The molecule has 124 valence electrons. The number of hydrogen-bond acceptors (Lipinski definition) is 4. The highest BCUT2D eigenvalue weighted by molar-refractivity contribution is 7.99. The van der Waals surface area contributed by atoms with Crippen molar-refractivity contribution in [3.05, 3.63) is 52.0 Å². The highest BCUT2D eigenvalue weighted by Gasteiger charge is 2.13. The molecule has 0 N–H and O–H groups in total. The van der Waals surface area contributed by atoms with Crippen molar-refractivity contribution in [2.24, 2.45) is 7.05 Å². The molecule has 0 saturated heterocycles. The number of hydrogen-bond donors (Lipinski definition) is 0. The Balaban J connectivity index is 1.78. The lowest BCUT2D eigenvalue weighted by Gasteiger charge is -2.04. The summed E-state index contributed by atoms with van der Waals surface area (Å²) in [5.41, 5.74) is 2.36. The Morgan fingerprint density at radius 1 is 1.21 bits per heavy atom. The number of carbonyl (C=O) groups excluding carboxylic acids is 1. The molecule has 4 nitrogen and oxygen atoms in total. The minimum absolute atomic E-state index is 0.0248. The van der Waals surface area contributed by atoms with Crippen molar-refractivity contribution in [3.63, 3.8) is 0 Å². The first-order chi connectivity index (χ1) is 11.5. The lowest BCUT2D eigenvalue weighted by atomic mass is 10.1. The summed E-state index contributed by atoms with van der Waals surface area (Å²) in [6, 6.07) is 10.6.